The quantitative estimate of drug-likeness (QED) is 0.712. The van der Waals surface area contributed by atoms with E-state index >= 15 is 0 Å². The van der Waals surface area contributed by atoms with Crippen molar-refractivity contribution in [3.63, 3.8) is 0 Å². The molecule has 2 unspecified atom stereocenters. The average molecular weight is 207 g/mol. The van der Waals surface area contributed by atoms with Gasteiger partial charge >= 0.3 is 0 Å². The molecule has 0 bridgehead atoms. The van der Waals surface area contributed by atoms with Gasteiger partial charge in [0.1, 0.15) is 9.84 Å². The van der Waals surface area contributed by atoms with Crippen LogP contribution in [0.25, 0.3) is 0 Å². The first-order valence-corrected chi connectivity index (χ1v) is 6.85. The second kappa shape index (κ2) is 5.60. The van der Waals surface area contributed by atoms with E-state index in [2.05, 4.69) is 19.2 Å². The lowest BCUT2D eigenvalue weighted by molar-refractivity contribution is 0.448. The maximum atomic E-state index is 10.9. The Morgan fingerprint density at radius 1 is 1.23 bits per heavy atom. The molecule has 0 saturated carbocycles. The third-order valence-corrected chi connectivity index (χ3v) is 3.08. The average Bonchev–Trinajstić information content (AvgIpc) is 1.99. The topological polar surface area (TPSA) is 46.2 Å². The molecule has 0 amide bonds. The van der Waals surface area contributed by atoms with E-state index in [0.717, 1.165) is 6.42 Å². The molecule has 0 aliphatic heterocycles. The van der Waals surface area contributed by atoms with Crippen LogP contribution in [0.15, 0.2) is 0 Å². The van der Waals surface area contributed by atoms with Crippen molar-refractivity contribution in [2.45, 2.75) is 45.7 Å². The van der Waals surface area contributed by atoms with Gasteiger partial charge in [0.25, 0.3) is 0 Å². The van der Waals surface area contributed by atoms with Crippen LogP contribution in [-0.2, 0) is 9.84 Å². The summed E-state index contributed by atoms with van der Waals surface area (Å²) >= 11 is 0. The SMILES string of the molecule is CCC(C)NC(C)CCS(C)(=O)=O. The summed E-state index contributed by atoms with van der Waals surface area (Å²) in [7, 11) is -2.80. The molecule has 13 heavy (non-hydrogen) atoms. The van der Waals surface area contributed by atoms with Crippen LogP contribution in [0.4, 0.5) is 0 Å². The van der Waals surface area contributed by atoms with Gasteiger partial charge in [0.15, 0.2) is 0 Å². The molecule has 0 saturated heterocycles. The number of nitrogens with one attached hydrogen (secondary N) is 1. The van der Waals surface area contributed by atoms with Gasteiger partial charge in [0, 0.05) is 18.3 Å². The van der Waals surface area contributed by atoms with Gasteiger partial charge in [0.2, 0.25) is 0 Å². The molecule has 3 nitrogen and oxygen atoms in total. The van der Waals surface area contributed by atoms with Gasteiger partial charge < -0.3 is 5.32 Å². The van der Waals surface area contributed by atoms with Gasteiger partial charge in [-0.25, -0.2) is 8.42 Å². The molecule has 0 spiro atoms. The van der Waals surface area contributed by atoms with Gasteiger partial charge in [-0.2, -0.15) is 0 Å². The molecule has 0 aliphatic rings. The van der Waals surface area contributed by atoms with Crippen LogP contribution in [0, 0.1) is 0 Å². The zero-order valence-corrected chi connectivity index (χ0v) is 9.82. The number of sulfone groups is 1. The van der Waals surface area contributed by atoms with Gasteiger partial charge in [-0.15, -0.1) is 0 Å². The molecule has 2 atom stereocenters. The second-order valence-corrected chi connectivity index (χ2v) is 6.06. The molecule has 80 valence electrons. The summed E-state index contributed by atoms with van der Waals surface area (Å²) in [6.07, 6.45) is 3.05. The van der Waals surface area contributed by atoms with Gasteiger partial charge in [0.05, 0.1) is 5.75 Å². The van der Waals surface area contributed by atoms with Crippen molar-refractivity contribution in [2.75, 3.05) is 12.0 Å². The molecule has 0 heterocycles. The van der Waals surface area contributed by atoms with Crippen LogP contribution >= 0.6 is 0 Å². The fourth-order valence-electron chi connectivity index (χ4n) is 1.08. The Labute approximate surface area is 81.8 Å². The maximum Gasteiger partial charge on any atom is 0.147 e. The standard InChI is InChI=1S/C9H21NO2S/c1-5-8(2)10-9(3)6-7-13(4,11)12/h8-10H,5-7H2,1-4H3. The molecular weight excluding hydrogens is 186 g/mol. The van der Waals surface area contributed by atoms with E-state index in [4.69, 9.17) is 0 Å². The predicted molar refractivity (Wildman–Crippen MR) is 56.7 cm³/mol. The van der Waals surface area contributed by atoms with Gasteiger partial charge in [-0.1, -0.05) is 6.92 Å². The van der Waals surface area contributed by atoms with E-state index in [0.29, 0.717) is 12.5 Å². The van der Waals surface area contributed by atoms with Crippen molar-refractivity contribution < 1.29 is 8.42 Å². The highest BCUT2D eigenvalue weighted by Gasteiger charge is 2.09. The third kappa shape index (κ3) is 8.25. The second-order valence-electron chi connectivity index (χ2n) is 3.80. The van der Waals surface area contributed by atoms with Crippen LogP contribution in [0.3, 0.4) is 0 Å². The summed E-state index contributed by atoms with van der Waals surface area (Å²) in [5, 5.41) is 3.34. The van der Waals surface area contributed by atoms with E-state index in [1.165, 1.54) is 6.26 Å². The Hall–Kier alpha value is -0.0900. The largest absolute Gasteiger partial charge is 0.312 e. The van der Waals surface area contributed by atoms with Gasteiger partial charge in [-0.05, 0) is 26.7 Å². The van der Waals surface area contributed by atoms with E-state index in [1.54, 1.807) is 0 Å². The molecule has 1 N–H and O–H groups in total. The molecule has 0 aromatic rings. The fourth-order valence-corrected chi connectivity index (χ4v) is 1.86. The van der Waals surface area contributed by atoms with Crippen LogP contribution in [0.2, 0.25) is 0 Å². The third-order valence-electron chi connectivity index (χ3n) is 2.10. The summed E-state index contributed by atoms with van der Waals surface area (Å²) in [5.74, 6) is 0.275. The lowest BCUT2D eigenvalue weighted by atomic mass is 10.2. The van der Waals surface area contributed by atoms with Crippen molar-refractivity contribution in [2.24, 2.45) is 0 Å². The maximum absolute atomic E-state index is 10.9. The number of rotatable bonds is 6. The van der Waals surface area contributed by atoms with Crippen molar-refractivity contribution in [1.82, 2.24) is 5.32 Å². The van der Waals surface area contributed by atoms with Crippen LogP contribution in [-0.4, -0.2) is 32.5 Å². The molecule has 0 radical (unpaired) electrons. The highest BCUT2D eigenvalue weighted by molar-refractivity contribution is 7.90. The minimum atomic E-state index is -2.80. The zero-order valence-electron chi connectivity index (χ0n) is 9.00. The van der Waals surface area contributed by atoms with E-state index in [1.807, 2.05) is 6.92 Å². The molecule has 0 aromatic carbocycles. The normalized spacial score (nSPS) is 16.9. The molecule has 0 rings (SSSR count). The van der Waals surface area contributed by atoms with Crippen molar-refractivity contribution in [3.05, 3.63) is 0 Å². The van der Waals surface area contributed by atoms with E-state index in [-0.39, 0.29) is 11.8 Å². The summed E-state index contributed by atoms with van der Waals surface area (Å²) in [5.41, 5.74) is 0. The molecule has 0 aliphatic carbocycles. The van der Waals surface area contributed by atoms with Crippen LogP contribution in [0.1, 0.15) is 33.6 Å². The van der Waals surface area contributed by atoms with E-state index in [9.17, 15) is 8.42 Å². The highest BCUT2D eigenvalue weighted by atomic mass is 32.2. The Kier molecular flexibility index (Phi) is 5.56. The van der Waals surface area contributed by atoms with Crippen molar-refractivity contribution >= 4 is 9.84 Å². The minimum absolute atomic E-state index is 0.275. The van der Waals surface area contributed by atoms with Crippen molar-refractivity contribution in [1.29, 1.82) is 0 Å². The Morgan fingerprint density at radius 2 is 1.77 bits per heavy atom. The zero-order chi connectivity index (χ0) is 10.5. The summed E-state index contributed by atoms with van der Waals surface area (Å²) in [4.78, 5) is 0. The summed E-state index contributed by atoms with van der Waals surface area (Å²) in [6, 6.07) is 0.749. The first kappa shape index (κ1) is 12.9. The lowest BCUT2D eigenvalue weighted by Crippen LogP contribution is -2.35. The Balaban J connectivity index is 3.69. The fraction of sp³-hybridized carbons (Fsp3) is 1.00. The van der Waals surface area contributed by atoms with Crippen LogP contribution in [0.5, 0.6) is 0 Å². The first-order valence-electron chi connectivity index (χ1n) is 4.79. The monoisotopic (exact) mass is 207 g/mol. The van der Waals surface area contributed by atoms with Crippen LogP contribution < -0.4 is 5.32 Å². The highest BCUT2D eigenvalue weighted by Crippen LogP contribution is 1.98. The summed E-state index contributed by atoms with van der Waals surface area (Å²) in [6.45, 7) is 6.25. The number of hydrogen-bond donors (Lipinski definition) is 1. The Bertz CT molecular complexity index is 224. The summed E-state index contributed by atoms with van der Waals surface area (Å²) < 4.78 is 21.7. The minimum Gasteiger partial charge on any atom is -0.312 e. The lowest BCUT2D eigenvalue weighted by Gasteiger charge is -2.18. The van der Waals surface area contributed by atoms with Gasteiger partial charge in [-0.3, -0.25) is 0 Å². The predicted octanol–water partition coefficient (Wildman–Crippen LogP) is 1.20. The Morgan fingerprint density at radius 3 is 2.15 bits per heavy atom. The molecule has 0 fully saturated rings. The van der Waals surface area contributed by atoms with Crippen molar-refractivity contribution in [3.8, 4) is 0 Å². The molecule has 0 aromatic heterocycles. The smallest absolute Gasteiger partial charge is 0.147 e. The van der Waals surface area contributed by atoms with E-state index < -0.39 is 9.84 Å². The molecule has 4 heteroatoms. The number of hydrogen-bond acceptors (Lipinski definition) is 3. The first-order chi connectivity index (χ1) is 5.85. The molecular formula is C9H21NO2S.